The van der Waals surface area contributed by atoms with E-state index in [1.54, 1.807) is 0 Å². The zero-order valence-corrected chi connectivity index (χ0v) is 7.37. The van der Waals surface area contributed by atoms with Crippen molar-refractivity contribution in [1.82, 2.24) is 0 Å². The molecule has 14 heavy (non-hydrogen) atoms. The van der Waals surface area contributed by atoms with Crippen molar-refractivity contribution >= 4 is 0 Å². The van der Waals surface area contributed by atoms with Crippen molar-refractivity contribution in [1.29, 1.82) is 0 Å². The van der Waals surface area contributed by atoms with E-state index < -0.39 is 23.4 Å². The van der Waals surface area contributed by atoms with Gasteiger partial charge in [0.1, 0.15) is 0 Å². The lowest BCUT2D eigenvalue weighted by Crippen LogP contribution is -2.12. The van der Waals surface area contributed by atoms with Crippen LogP contribution in [0.4, 0.5) is 8.78 Å². The molecule has 0 heterocycles. The van der Waals surface area contributed by atoms with E-state index >= 15 is 0 Å². The lowest BCUT2D eigenvalue weighted by Gasteiger charge is -2.11. The predicted octanol–water partition coefficient (Wildman–Crippen LogP) is 1.05. The molecule has 1 rings (SSSR count). The molecule has 0 aliphatic heterocycles. The van der Waals surface area contributed by atoms with Crippen LogP contribution in [0.2, 0.25) is 0 Å². The van der Waals surface area contributed by atoms with Gasteiger partial charge in [0.05, 0.1) is 0 Å². The van der Waals surface area contributed by atoms with Crippen molar-refractivity contribution < 1.29 is 19.0 Å². The molecule has 78 valence electrons. The smallest absolute Gasteiger partial charge is 0.187 e. The van der Waals surface area contributed by atoms with Gasteiger partial charge in [0, 0.05) is 12.6 Å². The van der Waals surface area contributed by atoms with Crippen LogP contribution in [0.1, 0.15) is 18.0 Å². The van der Waals surface area contributed by atoms with Gasteiger partial charge in [0.2, 0.25) is 0 Å². The molecular formula is C9H11F2NO2. The number of aromatic hydroxyl groups is 1. The van der Waals surface area contributed by atoms with E-state index in [9.17, 15) is 8.78 Å². The maximum atomic E-state index is 12.8. The van der Waals surface area contributed by atoms with Crippen molar-refractivity contribution in [2.24, 2.45) is 5.73 Å². The van der Waals surface area contributed by atoms with Crippen molar-refractivity contribution in [3.63, 3.8) is 0 Å². The summed E-state index contributed by atoms with van der Waals surface area (Å²) in [7, 11) is 0. The third-order valence-corrected chi connectivity index (χ3v) is 1.91. The number of phenolic OH excluding ortho intramolecular Hbond substituents is 1. The van der Waals surface area contributed by atoms with E-state index in [0.717, 1.165) is 12.1 Å². The Morgan fingerprint density at radius 3 is 2.21 bits per heavy atom. The molecule has 0 aromatic heterocycles. The van der Waals surface area contributed by atoms with Crippen molar-refractivity contribution in [2.75, 3.05) is 6.61 Å². The first-order valence-electron chi connectivity index (χ1n) is 4.10. The summed E-state index contributed by atoms with van der Waals surface area (Å²) in [5.41, 5.74) is 5.73. The molecule has 0 unspecified atom stereocenters. The molecule has 3 nitrogen and oxygen atoms in total. The van der Waals surface area contributed by atoms with Crippen molar-refractivity contribution in [3.8, 4) is 5.75 Å². The molecule has 0 fully saturated rings. The summed E-state index contributed by atoms with van der Waals surface area (Å²) < 4.78 is 25.7. The van der Waals surface area contributed by atoms with Gasteiger partial charge in [0.25, 0.3) is 0 Å². The van der Waals surface area contributed by atoms with Crippen LogP contribution in [-0.2, 0) is 0 Å². The summed E-state index contributed by atoms with van der Waals surface area (Å²) >= 11 is 0. The number of hydrogen-bond donors (Lipinski definition) is 3. The van der Waals surface area contributed by atoms with E-state index in [2.05, 4.69) is 0 Å². The minimum Gasteiger partial charge on any atom is -0.503 e. The zero-order chi connectivity index (χ0) is 10.7. The Morgan fingerprint density at radius 1 is 1.29 bits per heavy atom. The molecule has 0 saturated heterocycles. The van der Waals surface area contributed by atoms with E-state index in [4.69, 9.17) is 15.9 Å². The van der Waals surface area contributed by atoms with Crippen molar-refractivity contribution in [2.45, 2.75) is 12.5 Å². The second-order valence-corrected chi connectivity index (χ2v) is 2.95. The van der Waals surface area contributed by atoms with Gasteiger partial charge in [-0.05, 0) is 24.1 Å². The second kappa shape index (κ2) is 4.34. The highest BCUT2D eigenvalue weighted by molar-refractivity contribution is 5.31. The first kappa shape index (κ1) is 10.9. The van der Waals surface area contributed by atoms with Gasteiger partial charge in [-0.25, -0.2) is 8.78 Å². The van der Waals surface area contributed by atoms with Crippen LogP contribution in [0.3, 0.4) is 0 Å². The van der Waals surface area contributed by atoms with Gasteiger partial charge in [-0.2, -0.15) is 0 Å². The lowest BCUT2D eigenvalue weighted by atomic mass is 10.0. The molecular weight excluding hydrogens is 192 g/mol. The molecule has 0 bridgehead atoms. The first-order chi connectivity index (χ1) is 6.56. The number of benzene rings is 1. The number of nitrogens with two attached hydrogens (primary N) is 1. The van der Waals surface area contributed by atoms with E-state index in [1.807, 2.05) is 0 Å². The number of aliphatic hydroxyl groups is 1. The summed E-state index contributed by atoms with van der Waals surface area (Å²) in [5.74, 6) is -3.10. The fraction of sp³-hybridized carbons (Fsp3) is 0.333. The minimum absolute atomic E-state index is 0.161. The molecule has 4 N–H and O–H groups in total. The van der Waals surface area contributed by atoms with E-state index in [0.29, 0.717) is 0 Å². The summed E-state index contributed by atoms with van der Waals surface area (Å²) in [5, 5.41) is 17.4. The number of aliphatic hydroxyl groups excluding tert-OH is 1. The largest absolute Gasteiger partial charge is 0.503 e. The van der Waals surface area contributed by atoms with Gasteiger partial charge in [-0.15, -0.1) is 0 Å². The van der Waals surface area contributed by atoms with Crippen LogP contribution >= 0.6 is 0 Å². The monoisotopic (exact) mass is 203 g/mol. The van der Waals surface area contributed by atoms with Crippen LogP contribution in [0.15, 0.2) is 12.1 Å². The van der Waals surface area contributed by atoms with E-state index in [-0.39, 0.29) is 18.6 Å². The molecule has 0 saturated carbocycles. The molecule has 1 aromatic rings. The molecule has 0 amide bonds. The molecule has 1 aromatic carbocycles. The van der Waals surface area contributed by atoms with Gasteiger partial charge in [0.15, 0.2) is 17.4 Å². The minimum atomic E-state index is -1.05. The Bertz CT molecular complexity index is 308. The Balaban J connectivity index is 3.00. The number of phenols is 1. The maximum absolute atomic E-state index is 12.8. The third-order valence-electron chi connectivity index (χ3n) is 1.91. The van der Waals surface area contributed by atoms with Crippen LogP contribution in [0, 0.1) is 11.6 Å². The standard InChI is InChI=1S/C9H11F2NO2/c10-6-3-5(8(12)1-2-13)4-7(11)9(6)14/h3-4,8,13-14H,1-2,12H2/t8-/m1/s1. The lowest BCUT2D eigenvalue weighted by molar-refractivity contribution is 0.276. The van der Waals surface area contributed by atoms with E-state index in [1.165, 1.54) is 0 Å². The SMILES string of the molecule is N[C@H](CCO)c1cc(F)c(O)c(F)c1. The van der Waals surface area contributed by atoms with Crippen LogP contribution in [0.5, 0.6) is 5.75 Å². The van der Waals surface area contributed by atoms with Crippen molar-refractivity contribution in [3.05, 3.63) is 29.3 Å². The summed E-state index contributed by atoms with van der Waals surface area (Å²) in [6.07, 6.45) is 0.212. The van der Waals surface area contributed by atoms with Gasteiger partial charge in [-0.1, -0.05) is 0 Å². The molecule has 0 radical (unpaired) electrons. The second-order valence-electron chi connectivity index (χ2n) is 2.95. The highest BCUT2D eigenvalue weighted by Crippen LogP contribution is 2.24. The van der Waals surface area contributed by atoms with Crippen LogP contribution in [-0.4, -0.2) is 16.8 Å². The fourth-order valence-corrected chi connectivity index (χ4v) is 1.10. The highest BCUT2D eigenvalue weighted by Gasteiger charge is 2.13. The quantitative estimate of drug-likeness (QED) is 0.688. The normalized spacial score (nSPS) is 12.9. The summed E-state index contributed by atoms with van der Waals surface area (Å²) in [6, 6.07) is 1.28. The Morgan fingerprint density at radius 2 is 1.79 bits per heavy atom. The third kappa shape index (κ3) is 2.18. The Hall–Kier alpha value is -1.20. The predicted molar refractivity (Wildman–Crippen MR) is 46.7 cm³/mol. The molecule has 0 spiro atoms. The first-order valence-corrected chi connectivity index (χ1v) is 4.10. The zero-order valence-electron chi connectivity index (χ0n) is 7.37. The van der Waals surface area contributed by atoms with Crippen LogP contribution < -0.4 is 5.73 Å². The number of rotatable bonds is 3. The molecule has 1 atom stereocenters. The average molecular weight is 203 g/mol. The fourth-order valence-electron chi connectivity index (χ4n) is 1.10. The molecule has 0 aliphatic carbocycles. The van der Waals surface area contributed by atoms with Crippen LogP contribution in [0.25, 0.3) is 0 Å². The molecule has 5 heteroatoms. The molecule has 0 aliphatic rings. The number of halogens is 2. The van der Waals surface area contributed by atoms with Gasteiger partial charge < -0.3 is 15.9 Å². The Labute approximate surface area is 79.8 Å². The Kier molecular flexibility index (Phi) is 3.38. The highest BCUT2D eigenvalue weighted by atomic mass is 19.1. The van der Waals surface area contributed by atoms with Gasteiger partial charge in [-0.3, -0.25) is 0 Å². The number of hydrogen-bond acceptors (Lipinski definition) is 3. The average Bonchev–Trinajstić information content (AvgIpc) is 2.13. The summed E-state index contributed by atoms with van der Waals surface area (Å²) in [6.45, 7) is -0.161. The summed E-state index contributed by atoms with van der Waals surface area (Å²) in [4.78, 5) is 0. The van der Waals surface area contributed by atoms with Gasteiger partial charge >= 0.3 is 0 Å². The maximum Gasteiger partial charge on any atom is 0.187 e. The topological polar surface area (TPSA) is 66.5 Å².